The highest BCUT2D eigenvalue weighted by Crippen LogP contribution is 2.22. The predicted molar refractivity (Wildman–Crippen MR) is 136 cm³/mol. The van der Waals surface area contributed by atoms with E-state index in [0.29, 0.717) is 38.8 Å². The maximum atomic E-state index is 12.8. The SMILES string of the molecule is Cn1c(=O)c2ccccc2n2c(SCC(=O)Nc3ccccc3C(=O)Nc3ccccc3)nnc12. The second-order valence-corrected chi connectivity index (χ2v) is 8.64. The number of aromatic nitrogens is 4. The Labute approximate surface area is 203 Å². The maximum absolute atomic E-state index is 12.8. The number of aryl methyl sites for hydroxylation is 1. The molecule has 5 aromatic rings. The van der Waals surface area contributed by atoms with E-state index in [2.05, 4.69) is 20.8 Å². The first-order valence-corrected chi connectivity index (χ1v) is 11.7. The smallest absolute Gasteiger partial charge is 0.262 e. The normalized spacial score (nSPS) is 11.0. The first-order chi connectivity index (χ1) is 17.0. The molecule has 2 N–H and O–H groups in total. The third-order valence-electron chi connectivity index (χ3n) is 5.41. The fourth-order valence-electron chi connectivity index (χ4n) is 3.73. The largest absolute Gasteiger partial charge is 0.325 e. The van der Waals surface area contributed by atoms with Gasteiger partial charge in [0, 0.05) is 12.7 Å². The van der Waals surface area contributed by atoms with E-state index in [4.69, 9.17) is 0 Å². The number of hydrogen-bond acceptors (Lipinski definition) is 6. The van der Waals surface area contributed by atoms with E-state index in [1.807, 2.05) is 30.3 Å². The van der Waals surface area contributed by atoms with Crippen molar-refractivity contribution in [2.24, 2.45) is 7.05 Å². The van der Waals surface area contributed by atoms with Gasteiger partial charge in [-0.15, -0.1) is 10.2 Å². The van der Waals surface area contributed by atoms with Gasteiger partial charge in [-0.25, -0.2) is 0 Å². The number of hydrogen-bond donors (Lipinski definition) is 2. The molecule has 0 aliphatic heterocycles. The van der Waals surface area contributed by atoms with Gasteiger partial charge < -0.3 is 10.6 Å². The summed E-state index contributed by atoms with van der Waals surface area (Å²) < 4.78 is 3.19. The molecule has 0 aliphatic rings. The van der Waals surface area contributed by atoms with Gasteiger partial charge in [-0.05, 0) is 36.4 Å². The summed E-state index contributed by atoms with van der Waals surface area (Å²) in [4.78, 5) is 38.2. The molecule has 0 unspecified atom stereocenters. The Balaban J connectivity index is 1.35. The molecule has 0 radical (unpaired) electrons. The molecule has 174 valence electrons. The number of thioether (sulfide) groups is 1. The lowest BCUT2D eigenvalue weighted by Crippen LogP contribution is -2.20. The van der Waals surface area contributed by atoms with E-state index < -0.39 is 0 Å². The Kier molecular flexibility index (Phi) is 6.02. The van der Waals surface area contributed by atoms with Crippen LogP contribution < -0.4 is 16.2 Å². The average molecular weight is 485 g/mol. The van der Waals surface area contributed by atoms with Crippen LogP contribution >= 0.6 is 11.8 Å². The lowest BCUT2D eigenvalue weighted by Gasteiger charge is -2.11. The number of fused-ring (bicyclic) bond motifs is 3. The Morgan fingerprint density at radius 1 is 0.886 bits per heavy atom. The van der Waals surface area contributed by atoms with E-state index in [1.165, 1.54) is 16.3 Å². The fourth-order valence-corrected chi connectivity index (χ4v) is 4.47. The van der Waals surface area contributed by atoms with Crippen molar-refractivity contribution >= 4 is 51.6 Å². The molecule has 0 fully saturated rings. The summed E-state index contributed by atoms with van der Waals surface area (Å²) in [7, 11) is 1.64. The molecule has 2 amide bonds. The van der Waals surface area contributed by atoms with Crippen LogP contribution in [0.25, 0.3) is 16.7 Å². The zero-order valence-electron chi connectivity index (χ0n) is 18.6. The quantitative estimate of drug-likeness (QED) is 0.357. The first kappa shape index (κ1) is 22.4. The van der Waals surface area contributed by atoms with Gasteiger partial charge in [-0.1, -0.05) is 54.2 Å². The number of amides is 2. The summed E-state index contributed by atoms with van der Waals surface area (Å²) in [6.07, 6.45) is 0. The third-order valence-corrected chi connectivity index (χ3v) is 6.34. The van der Waals surface area contributed by atoms with Crippen molar-refractivity contribution in [1.29, 1.82) is 0 Å². The van der Waals surface area contributed by atoms with Gasteiger partial charge in [0.05, 0.1) is 27.9 Å². The second-order valence-electron chi connectivity index (χ2n) is 7.70. The number of rotatable bonds is 6. The van der Waals surface area contributed by atoms with Crippen LogP contribution in [-0.4, -0.2) is 36.7 Å². The summed E-state index contributed by atoms with van der Waals surface area (Å²) in [6, 6.07) is 23.1. The van der Waals surface area contributed by atoms with Gasteiger partial charge >= 0.3 is 0 Å². The molecular weight excluding hydrogens is 464 g/mol. The predicted octanol–water partition coefficient (Wildman–Crippen LogP) is 3.56. The van der Waals surface area contributed by atoms with Crippen molar-refractivity contribution in [3.8, 4) is 0 Å². The lowest BCUT2D eigenvalue weighted by molar-refractivity contribution is -0.113. The van der Waals surface area contributed by atoms with Gasteiger partial charge in [0.15, 0.2) is 5.16 Å². The topological polar surface area (TPSA) is 110 Å². The van der Waals surface area contributed by atoms with E-state index >= 15 is 0 Å². The summed E-state index contributed by atoms with van der Waals surface area (Å²) in [6.45, 7) is 0. The highest BCUT2D eigenvalue weighted by molar-refractivity contribution is 7.99. The highest BCUT2D eigenvalue weighted by Gasteiger charge is 2.17. The van der Waals surface area contributed by atoms with Gasteiger partial charge in [-0.2, -0.15) is 0 Å². The number of nitrogens with one attached hydrogen (secondary N) is 2. The van der Waals surface area contributed by atoms with Crippen molar-refractivity contribution in [2.75, 3.05) is 16.4 Å². The number of carbonyl (C=O) groups excluding carboxylic acids is 2. The molecule has 0 spiro atoms. The van der Waals surface area contributed by atoms with Crippen LogP contribution in [0.5, 0.6) is 0 Å². The summed E-state index contributed by atoms with van der Waals surface area (Å²) in [5, 5.41) is 15.0. The average Bonchev–Trinajstić information content (AvgIpc) is 3.31. The first-order valence-electron chi connectivity index (χ1n) is 10.7. The molecule has 2 heterocycles. The molecule has 3 aromatic carbocycles. The van der Waals surface area contributed by atoms with Crippen LogP contribution in [0.15, 0.2) is 88.8 Å². The maximum Gasteiger partial charge on any atom is 0.262 e. The molecule has 2 aromatic heterocycles. The standard InChI is InChI=1S/C25H20N6O3S/c1-30-23(34)18-12-6-8-14-20(18)31-24(30)28-29-25(31)35-15-21(32)27-19-13-7-5-11-17(19)22(33)26-16-9-3-2-4-10-16/h2-14H,15H2,1H3,(H,26,33)(H,27,32). The molecular formula is C25H20N6O3S. The minimum atomic E-state index is -0.324. The van der Waals surface area contributed by atoms with Crippen LogP contribution in [-0.2, 0) is 11.8 Å². The summed E-state index contributed by atoms with van der Waals surface area (Å²) >= 11 is 1.19. The summed E-state index contributed by atoms with van der Waals surface area (Å²) in [5.41, 5.74) is 1.92. The van der Waals surface area contributed by atoms with Crippen molar-refractivity contribution in [3.63, 3.8) is 0 Å². The minimum Gasteiger partial charge on any atom is -0.325 e. The molecule has 0 atom stereocenters. The lowest BCUT2D eigenvalue weighted by atomic mass is 10.1. The van der Waals surface area contributed by atoms with Crippen molar-refractivity contribution in [3.05, 3.63) is 94.8 Å². The summed E-state index contributed by atoms with van der Waals surface area (Å²) in [5.74, 6) is -0.206. The fraction of sp³-hybridized carbons (Fsp3) is 0.0800. The Bertz CT molecular complexity index is 1630. The molecule has 0 saturated carbocycles. The van der Waals surface area contributed by atoms with Crippen molar-refractivity contribution in [1.82, 2.24) is 19.2 Å². The number of anilines is 2. The second kappa shape index (κ2) is 9.43. The molecule has 35 heavy (non-hydrogen) atoms. The number of benzene rings is 3. The zero-order valence-corrected chi connectivity index (χ0v) is 19.5. The highest BCUT2D eigenvalue weighted by atomic mass is 32.2. The van der Waals surface area contributed by atoms with Crippen LogP contribution in [0, 0.1) is 0 Å². The van der Waals surface area contributed by atoms with E-state index in [0.717, 1.165) is 0 Å². The molecule has 0 bridgehead atoms. The number of para-hydroxylation sites is 3. The Morgan fingerprint density at radius 2 is 1.60 bits per heavy atom. The van der Waals surface area contributed by atoms with E-state index in [9.17, 15) is 14.4 Å². The Morgan fingerprint density at radius 3 is 2.43 bits per heavy atom. The monoisotopic (exact) mass is 484 g/mol. The molecule has 9 nitrogen and oxygen atoms in total. The van der Waals surface area contributed by atoms with Crippen LogP contribution in [0.2, 0.25) is 0 Å². The van der Waals surface area contributed by atoms with E-state index in [1.54, 1.807) is 60.0 Å². The van der Waals surface area contributed by atoms with Crippen molar-refractivity contribution < 1.29 is 9.59 Å². The number of carbonyl (C=O) groups is 2. The van der Waals surface area contributed by atoms with Gasteiger partial charge in [-0.3, -0.25) is 23.4 Å². The third kappa shape index (κ3) is 4.38. The Hall–Kier alpha value is -4.44. The molecule has 10 heteroatoms. The van der Waals surface area contributed by atoms with Crippen molar-refractivity contribution in [2.45, 2.75) is 5.16 Å². The van der Waals surface area contributed by atoms with Crippen LogP contribution in [0.4, 0.5) is 11.4 Å². The van der Waals surface area contributed by atoms with E-state index in [-0.39, 0.29) is 23.1 Å². The van der Waals surface area contributed by atoms with Gasteiger partial charge in [0.25, 0.3) is 11.5 Å². The molecule has 5 rings (SSSR count). The van der Waals surface area contributed by atoms with Crippen LogP contribution in [0.1, 0.15) is 10.4 Å². The van der Waals surface area contributed by atoms with Gasteiger partial charge in [0.1, 0.15) is 0 Å². The molecule has 0 aliphatic carbocycles. The zero-order chi connectivity index (χ0) is 24.4. The van der Waals surface area contributed by atoms with Crippen LogP contribution in [0.3, 0.4) is 0 Å². The minimum absolute atomic E-state index is 0.0343. The number of nitrogens with zero attached hydrogens (tertiary/aromatic N) is 4. The molecule has 0 saturated heterocycles. The van der Waals surface area contributed by atoms with Gasteiger partial charge in [0.2, 0.25) is 11.7 Å².